The number of rotatable bonds is 17. The normalized spacial score (nSPS) is 15.8. The zero-order chi connectivity index (χ0) is 17.3. The Balaban J connectivity index is 1.70. The summed E-state index contributed by atoms with van der Waals surface area (Å²) >= 11 is 0. The Hall–Kier alpha value is -0.570. The van der Waals surface area contributed by atoms with Crippen LogP contribution in [0.15, 0.2) is 5.10 Å². The van der Waals surface area contributed by atoms with Crippen LogP contribution in [0.2, 0.25) is 0 Å². The highest BCUT2D eigenvalue weighted by Gasteiger charge is 2.14. The molecule has 0 radical (unpaired) electrons. The van der Waals surface area contributed by atoms with Crippen LogP contribution in [-0.2, 0) is 0 Å². The maximum Gasteiger partial charge on any atom is 0.0569 e. The van der Waals surface area contributed by atoms with E-state index >= 15 is 0 Å². The minimum atomic E-state index is 0.606. The number of hydrogen-bond acceptors (Lipinski definition) is 3. The van der Waals surface area contributed by atoms with E-state index < -0.39 is 0 Å². The van der Waals surface area contributed by atoms with Crippen molar-refractivity contribution in [3.63, 3.8) is 0 Å². The van der Waals surface area contributed by atoms with E-state index in [1.807, 2.05) is 6.21 Å². The highest BCUT2D eigenvalue weighted by molar-refractivity contribution is 5.60. The second kappa shape index (κ2) is 15.9. The van der Waals surface area contributed by atoms with Gasteiger partial charge < -0.3 is 0 Å². The highest BCUT2D eigenvalue weighted by Crippen LogP contribution is 2.14. The van der Waals surface area contributed by atoms with E-state index in [1.165, 1.54) is 103 Å². The van der Waals surface area contributed by atoms with Crippen molar-refractivity contribution in [1.29, 1.82) is 0 Å². The van der Waals surface area contributed by atoms with E-state index in [4.69, 9.17) is 0 Å². The second-order valence-corrected chi connectivity index (χ2v) is 7.65. The van der Waals surface area contributed by atoms with Gasteiger partial charge in [-0.15, -0.1) is 0 Å². The van der Waals surface area contributed by atoms with Gasteiger partial charge in [-0.05, 0) is 13.3 Å². The summed E-state index contributed by atoms with van der Waals surface area (Å²) in [4.78, 5) is 0. The molecule has 0 aromatic carbocycles. The molecule has 0 fully saturated rings. The zero-order valence-corrected chi connectivity index (χ0v) is 16.6. The average Bonchev–Trinajstić information content (AvgIpc) is 3.13. The third-order valence-corrected chi connectivity index (χ3v) is 5.31. The molecule has 142 valence electrons. The highest BCUT2D eigenvalue weighted by atomic mass is 15.7. The van der Waals surface area contributed by atoms with Crippen molar-refractivity contribution in [2.45, 2.75) is 123 Å². The summed E-state index contributed by atoms with van der Waals surface area (Å²) in [6.07, 6.45) is 24.8. The molecular weight excluding hydrogens is 294 g/mol. The summed E-state index contributed by atoms with van der Waals surface area (Å²) in [5.74, 6) is 0. The van der Waals surface area contributed by atoms with Crippen molar-refractivity contribution in [3.05, 3.63) is 0 Å². The molecule has 0 spiro atoms. The van der Waals surface area contributed by atoms with Crippen molar-refractivity contribution in [1.82, 2.24) is 10.5 Å². The van der Waals surface area contributed by atoms with Crippen LogP contribution < -0.4 is 5.53 Å². The van der Waals surface area contributed by atoms with Gasteiger partial charge in [0.25, 0.3) is 0 Å². The van der Waals surface area contributed by atoms with E-state index in [1.54, 1.807) is 0 Å². The van der Waals surface area contributed by atoms with Gasteiger partial charge in [-0.2, -0.15) is 10.1 Å². The SMILES string of the molecule is CCCCCCCCCCCCCCCCCC(C)N1CC=NN1. The lowest BCUT2D eigenvalue weighted by Gasteiger charge is -2.22. The summed E-state index contributed by atoms with van der Waals surface area (Å²) in [7, 11) is 0. The van der Waals surface area contributed by atoms with Crippen LogP contribution in [0.1, 0.15) is 117 Å². The van der Waals surface area contributed by atoms with Crippen molar-refractivity contribution < 1.29 is 0 Å². The summed E-state index contributed by atoms with van der Waals surface area (Å²) in [5, 5.41) is 6.28. The molecule has 3 nitrogen and oxygen atoms in total. The van der Waals surface area contributed by atoms with Gasteiger partial charge in [-0.25, -0.2) is 5.53 Å². The van der Waals surface area contributed by atoms with Gasteiger partial charge in [-0.3, -0.25) is 0 Å². The molecule has 1 heterocycles. The zero-order valence-electron chi connectivity index (χ0n) is 16.6. The van der Waals surface area contributed by atoms with Crippen molar-refractivity contribution in [2.75, 3.05) is 6.54 Å². The first-order valence-corrected chi connectivity index (χ1v) is 10.9. The average molecular weight is 338 g/mol. The van der Waals surface area contributed by atoms with Gasteiger partial charge >= 0.3 is 0 Å². The molecule has 0 aliphatic carbocycles. The van der Waals surface area contributed by atoms with Crippen LogP contribution in [-0.4, -0.2) is 23.8 Å². The van der Waals surface area contributed by atoms with Crippen LogP contribution in [0.4, 0.5) is 0 Å². The van der Waals surface area contributed by atoms with E-state index in [0.29, 0.717) is 6.04 Å². The molecule has 0 amide bonds. The maximum atomic E-state index is 4.06. The van der Waals surface area contributed by atoms with Crippen LogP contribution >= 0.6 is 0 Å². The predicted molar refractivity (Wildman–Crippen MR) is 107 cm³/mol. The Morgan fingerprint density at radius 3 is 1.67 bits per heavy atom. The number of unbranched alkanes of at least 4 members (excludes halogenated alkanes) is 14. The summed E-state index contributed by atoms with van der Waals surface area (Å²) in [5.41, 5.74) is 3.06. The Labute approximate surface area is 151 Å². The monoisotopic (exact) mass is 337 g/mol. The largest absolute Gasteiger partial charge is 0.240 e. The molecule has 0 aromatic rings. The standard InChI is InChI=1S/C21H43N3/c1-3-4-5-6-7-8-9-10-11-12-13-14-15-16-17-18-21(2)24-20-19-22-23-24/h19,21,23H,3-18,20H2,1-2H3. The smallest absolute Gasteiger partial charge is 0.0569 e. The third kappa shape index (κ3) is 11.9. The van der Waals surface area contributed by atoms with Gasteiger partial charge in [0.1, 0.15) is 0 Å². The first-order chi connectivity index (χ1) is 11.8. The Morgan fingerprint density at radius 2 is 1.25 bits per heavy atom. The Kier molecular flexibility index (Phi) is 14.3. The van der Waals surface area contributed by atoms with E-state index in [9.17, 15) is 0 Å². The molecule has 1 rings (SSSR count). The fourth-order valence-corrected chi connectivity index (χ4v) is 3.53. The fourth-order valence-electron chi connectivity index (χ4n) is 3.53. The maximum absolute atomic E-state index is 4.06. The van der Waals surface area contributed by atoms with Crippen LogP contribution in [0, 0.1) is 0 Å². The number of hydrazone groups is 1. The molecule has 1 N–H and O–H groups in total. The lowest BCUT2D eigenvalue weighted by molar-refractivity contribution is 0.169. The van der Waals surface area contributed by atoms with Gasteiger partial charge in [0.2, 0.25) is 0 Å². The summed E-state index contributed by atoms with van der Waals surface area (Å²) in [6.45, 7) is 5.55. The molecule has 3 heteroatoms. The molecule has 0 saturated carbocycles. The molecule has 0 bridgehead atoms. The predicted octanol–water partition coefficient (Wildman–Crippen LogP) is 6.44. The Morgan fingerprint density at radius 1 is 0.792 bits per heavy atom. The molecule has 1 atom stereocenters. The number of nitrogens with one attached hydrogen (secondary N) is 1. The molecule has 0 aromatic heterocycles. The van der Waals surface area contributed by atoms with Crippen LogP contribution in [0.25, 0.3) is 0 Å². The first-order valence-electron chi connectivity index (χ1n) is 10.9. The van der Waals surface area contributed by atoms with E-state index in [-0.39, 0.29) is 0 Å². The van der Waals surface area contributed by atoms with Gasteiger partial charge in [0.15, 0.2) is 0 Å². The van der Waals surface area contributed by atoms with Crippen molar-refractivity contribution in [3.8, 4) is 0 Å². The minimum absolute atomic E-state index is 0.606. The molecule has 0 saturated heterocycles. The third-order valence-electron chi connectivity index (χ3n) is 5.31. The van der Waals surface area contributed by atoms with Gasteiger partial charge in [-0.1, -0.05) is 103 Å². The van der Waals surface area contributed by atoms with E-state index in [2.05, 4.69) is 29.5 Å². The summed E-state index contributed by atoms with van der Waals surface area (Å²) < 4.78 is 0. The quantitative estimate of drug-likeness (QED) is 0.309. The minimum Gasteiger partial charge on any atom is -0.240 e. The Bertz CT molecular complexity index is 283. The number of hydrazine groups is 1. The van der Waals surface area contributed by atoms with Gasteiger partial charge in [0, 0.05) is 12.3 Å². The number of nitrogens with zero attached hydrogens (tertiary/aromatic N) is 2. The van der Waals surface area contributed by atoms with Crippen LogP contribution in [0.3, 0.4) is 0 Å². The molecule has 1 aliphatic heterocycles. The lowest BCUT2D eigenvalue weighted by atomic mass is 10.0. The molecule has 1 unspecified atom stereocenters. The fraction of sp³-hybridized carbons (Fsp3) is 0.952. The second-order valence-electron chi connectivity index (χ2n) is 7.65. The van der Waals surface area contributed by atoms with Gasteiger partial charge in [0.05, 0.1) is 6.54 Å². The lowest BCUT2D eigenvalue weighted by Crippen LogP contribution is -2.38. The molecular formula is C21H43N3. The molecule has 24 heavy (non-hydrogen) atoms. The van der Waals surface area contributed by atoms with Crippen molar-refractivity contribution in [2.24, 2.45) is 5.10 Å². The van der Waals surface area contributed by atoms with Crippen LogP contribution in [0.5, 0.6) is 0 Å². The topological polar surface area (TPSA) is 27.6 Å². The van der Waals surface area contributed by atoms with E-state index in [0.717, 1.165) is 6.54 Å². The first kappa shape index (κ1) is 21.5. The summed E-state index contributed by atoms with van der Waals surface area (Å²) in [6, 6.07) is 0.606. The number of hydrogen-bond donors (Lipinski definition) is 1. The van der Waals surface area contributed by atoms with Crippen molar-refractivity contribution >= 4 is 6.21 Å². The molecule has 1 aliphatic rings.